The number of aliphatic imine (C=N–C) groups is 7. The van der Waals surface area contributed by atoms with E-state index in [9.17, 15) is 49.5 Å². The van der Waals surface area contributed by atoms with E-state index < -0.39 is 41.1 Å². The van der Waals surface area contributed by atoms with E-state index in [-0.39, 0.29) is 193 Å². The molecular formula is C100H99F8Ir7N16O6-7. The Morgan fingerprint density at radius 2 is 0.803 bits per heavy atom. The summed E-state index contributed by atoms with van der Waals surface area (Å²) in [6.45, 7) is 25.1. The van der Waals surface area contributed by atoms with Crippen molar-refractivity contribution in [2.24, 2.45) is 34.9 Å². The van der Waals surface area contributed by atoms with Crippen LogP contribution in [0.4, 0.5) is 46.5 Å². The molecule has 22 nitrogen and oxygen atoms in total. The molecule has 0 spiro atoms. The van der Waals surface area contributed by atoms with Crippen LogP contribution in [0, 0.1) is 60.7 Å². The number of aromatic nitrogens is 1. The second kappa shape index (κ2) is 64.9. The van der Waals surface area contributed by atoms with Crippen molar-refractivity contribution >= 4 is 69.8 Å². The van der Waals surface area contributed by atoms with Crippen molar-refractivity contribution in [3.8, 4) is 0 Å². The molecule has 3 N–H and O–H groups in total. The summed E-state index contributed by atoms with van der Waals surface area (Å²) < 4.78 is 102. The first-order chi connectivity index (χ1) is 62.3. The quantitative estimate of drug-likeness (QED) is 0.0421. The molecule has 17 rings (SSSR count). The summed E-state index contributed by atoms with van der Waals surface area (Å²) in [6, 6.07) is 86.0. The first-order valence-electron chi connectivity index (χ1n) is 41.0. The number of ketones is 2. The van der Waals surface area contributed by atoms with Gasteiger partial charge in [0, 0.05) is 310 Å². The van der Waals surface area contributed by atoms with Crippen LogP contribution >= 0.6 is 0 Å². The summed E-state index contributed by atoms with van der Waals surface area (Å²) >= 11 is 0. The second-order valence-corrected chi connectivity index (χ2v) is 29.2. The van der Waals surface area contributed by atoms with Gasteiger partial charge in [-0.15, -0.1) is 203 Å². The van der Waals surface area contributed by atoms with E-state index in [1.807, 2.05) is 128 Å². The third-order valence-corrected chi connectivity index (χ3v) is 18.8. The maximum atomic E-state index is 13.3. The summed E-state index contributed by atoms with van der Waals surface area (Å²) in [5, 5.41) is 25.0. The number of carboxylic acid groups (broad SMARTS) is 1. The largest absolute Gasteiger partial charge is 0.512 e. The summed E-state index contributed by atoms with van der Waals surface area (Å²) in [4.78, 5) is 81.8. The van der Waals surface area contributed by atoms with Gasteiger partial charge >= 0.3 is 18.3 Å². The molecule has 0 bridgehead atoms. The fraction of sp³-hybridized carbons (Fsp3) is 0.260. The van der Waals surface area contributed by atoms with Crippen LogP contribution < -0.4 is 4.90 Å². The zero-order valence-corrected chi connectivity index (χ0v) is 92.5. The number of carboxylic acids is 1. The molecule has 7 aliphatic rings. The van der Waals surface area contributed by atoms with Crippen molar-refractivity contribution in [1.29, 1.82) is 0 Å². The Kier molecular flexibility index (Phi) is 59.1. The molecule has 10 aromatic rings. The Morgan fingerprint density at radius 3 is 1.18 bits per heavy atom. The number of anilines is 1. The first-order valence-corrected chi connectivity index (χ1v) is 41.0. The predicted molar refractivity (Wildman–Crippen MR) is 492 cm³/mol. The van der Waals surface area contributed by atoms with Gasteiger partial charge in [0.2, 0.25) is 0 Å². The number of carbonyl (C=O) groups excluding carboxylic acids is 2. The maximum Gasteiger partial charge on any atom is 0.399 e. The van der Waals surface area contributed by atoms with Gasteiger partial charge in [-0.3, -0.25) is 23.2 Å². The molecule has 1 aromatic heterocycles. The molecule has 0 amide bonds. The van der Waals surface area contributed by atoms with Crippen LogP contribution in [0.1, 0.15) is 93.8 Å². The Labute approximate surface area is 889 Å². The Hall–Kier alpha value is -10.2. The number of aromatic carboxylic acids is 1. The van der Waals surface area contributed by atoms with Crippen molar-refractivity contribution in [2.45, 2.75) is 46.6 Å². The van der Waals surface area contributed by atoms with Crippen molar-refractivity contribution in [3.63, 3.8) is 0 Å². The van der Waals surface area contributed by atoms with Gasteiger partial charge in [-0.1, -0.05) is 66.2 Å². The average Bonchev–Trinajstić information content (AvgIpc) is 1.75. The minimum atomic E-state index is -4.90. The van der Waals surface area contributed by atoms with Crippen molar-refractivity contribution in [2.75, 3.05) is 132 Å². The van der Waals surface area contributed by atoms with E-state index in [1.54, 1.807) is 31.3 Å². The smallest absolute Gasteiger partial charge is 0.399 e. The monoisotopic (exact) mass is 3120 g/mol. The standard InChI is InChI=1S/C16H15N2.C15H13N2.C12H9F6N2.C11H10N3.C10H9F2N2.2C10H11N2.C6H5NO2.2C5H8O2.7Ir/c1-3-7-14(8-4-1)13-18-12-11-17-16(18)15-9-5-2-6-10-15;1-3-7-13(8-4-1)15-16-11-12-17(15)14-9-5-2-6-10-14;1-20-3-2-19-10(20)7-4-8(11(13,14)15)6-9(5-7)12(16,17)18;1-12-10-5-3-4-9(8-10)11-13-6-7-14(11)2;1-14-5-4-13-10(14)8-3-2-7(11)6-9(8)12;2*1-12-8-7-11-10(12)9-5-3-2-4-6-9;8-6(9)5-3-1-2-4-7-5;2*1-4(6)3-5(2)7;;;;;;;/h1-9H,11-13H2;1-7,9-10H,11-12H2;4,6H,2-3H2,1H3;3,5,8H,6-7H2,2H3;2,6H,4-5H2,1H3;2*2-5H,7-8H2,1H3;1-4H,(H,8,9);2*3,6H,1-2H3;;;;;;;/q7*-1;;;;;;;;;;. The number of nitrogens with zero attached hydrogens (tertiary/aromatic N) is 16. The summed E-state index contributed by atoms with van der Waals surface area (Å²) in [6.07, 6.45) is -5.97. The fourth-order valence-electron chi connectivity index (χ4n) is 12.8. The molecule has 137 heavy (non-hydrogen) atoms. The molecule has 0 unspecified atom stereocenters. The number of aliphatic hydroxyl groups is 2. The molecule has 7 radical (unpaired) electrons. The maximum absolute atomic E-state index is 13.3. The molecule has 741 valence electrons. The van der Waals surface area contributed by atoms with Crippen LogP contribution in [0.5, 0.6) is 0 Å². The van der Waals surface area contributed by atoms with E-state index in [0.29, 0.717) is 37.2 Å². The van der Waals surface area contributed by atoms with Crippen molar-refractivity contribution in [3.05, 3.63) is 375 Å². The third kappa shape index (κ3) is 42.6. The van der Waals surface area contributed by atoms with Crippen LogP contribution in [0.15, 0.2) is 283 Å². The summed E-state index contributed by atoms with van der Waals surface area (Å²) in [5.41, 5.74) is 5.63. The molecule has 37 heteroatoms. The van der Waals surface area contributed by atoms with Crippen LogP contribution in [0.3, 0.4) is 0 Å². The number of para-hydroxylation sites is 1. The summed E-state index contributed by atoms with van der Waals surface area (Å²) in [5.74, 6) is 3.45. The van der Waals surface area contributed by atoms with Crippen LogP contribution in [-0.2, 0) is 169 Å². The number of benzene rings is 9. The van der Waals surface area contributed by atoms with Gasteiger partial charge in [-0.05, 0) is 104 Å². The van der Waals surface area contributed by atoms with Crippen LogP contribution in [0.25, 0.3) is 4.85 Å². The first kappa shape index (κ1) is 125. The van der Waals surface area contributed by atoms with Gasteiger partial charge in [-0.2, -0.15) is 32.4 Å². The van der Waals surface area contributed by atoms with Crippen LogP contribution in [-0.4, -0.2) is 235 Å². The zero-order valence-electron chi connectivity index (χ0n) is 75.7. The van der Waals surface area contributed by atoms with Crippen LogP contribution in [0.2, 0.25) is 0 Å². The average molecular weight is 3120 g/mol. The molecule has 7 aliphatic heterocycles. The Bertz CT molecular complexity index is 5550. The normalized spacial score (nSPS) is 14.0. The fourth-order valence-corrected chi connectivity index (χ4v) is 12.8. The summed E-state index contributed by atoms with van der Waals surface area (Å²) in [7, 11) is 9.50. The van der Waals surface area contributed by atoms with E-state index in [2.05, 4.69) is 180 Å². The number of allylic oxidation sites excluding steroid dienone is 4. The molecular weight excluding hydrogens is 3020 g/mol. The van der Waals surface area contributed by atoms with Gasteiger partial charge in [0.15, 0.2) is 11.6 Å². The molecule has 0 fully saturated rings. The van der Waals surface area contributed by atoms with E-state index >= 15 is 0 Å². The number of likely N-dealkylation sites (N-methyl/N-ethyl adjacent to an activating group) is 5. The number of rotatable bonds is 13. The molecule has 0 saturated heterocycles. The minimum absolute atomic E-state index is 0. The molecule has 0 aliphatic carbocycles. The number of aliphatic hydroxyl groups excluding tert-OH is 2. The Morgan fingerprint density at radius 1 is 0.416 bits per heavy atom. The zero-order chi connectivity index (χ0) is 94.1. The van der Waals surface area contributed by atoms with E-state index in [4.69, 9.17) is 21.9 Å². The van der Waals surface area contributed by atoms with Gasteiger partial charge in [-0.25, -0.2) is 9.78 Å². The number of carbonyl (C=O) groups is 3. The SMILES string of the molecule is CC(=O)C=C(C)O.CC(=O)C=C(C)O.CN1CCN=C1c1[c-]c(C(F)(F)F)cc(C(F)(F)F)c1.CN1CCN=C1c1[c-]cc(F)cc1F.CN1CCN=C1c1[c-]cccc1.CN1CCN=C1c1[c-]cccc1.O=C(O)c1ccccn1.[C-]#[N+]c1cc[c-]c(C2=NCCN2C)c1.[Ir].[Ir].[Ir].[Ir].[Ir].[Ir].[Ir].[c-]1ccccc1C1=NCCN1Cc1ccccc1.[c-]1ccccc1C1=NCCN1c1ccccc1. The van der Waals surface area contributed by atoms with Gasteiger partial charge < -0.3 is 84.6 Å². The number of halogens is 8. The molecule has 9 aromatic carbocycles. The minimum Gasteiger partial charge on any atom is -0.512 e. The van der Waals surface area contributed by atoms with E-state index in [1.165, 1.54) is 68.3 Å². The van der Waals surface area contributed by atoms with Gasteiger partial charge in [0.25, 0.3) is 0 Å². The molecule has 8 heterocycles. The predicted octanol–water partition coefficient (Wildman–Crippen LogP) is 17.1. The van der Waals surface area contributed by atoms with Gasteiger partial charge in [0.05, 0.1) is 23.9 Å². The number of pyridine rings is 1. The molecule has 0 saturated carbocycles. The number of hydrogen-bond acceptors (Lipinski definition) is 20. The van der Waals surface area contributed by atoms with Crippen molar-refractivity contribution < 1.29 is 206 Å². The number of alkyl halides is 6. The van der Waals surface area contributed by atoms with Crippen molar-refractivity contribution in [1.82, 2.24) is 34.4 Å². The topological polar surface area (TPSA) is 238 Å². The molecule has 0 atom stereocenters. The van der Waals surface area contributed by atoms with E-state index in [0.717, 1.165) is 148 Å². The number of hydrogen-bond donors (Lipinski definition) is 3. The van der Waals surface area contributed by atoms with Gasteiger partial charge in [0.1, 0.15) is 11.4 Å². The number of amidine groups is 7. The second-order valence-electron chi connectivity index (χ2n) is 29.2. The Balaban J connectivity index is 0.000000767. The third-order valence-electron chi connectivity index (χ3n) is 18.8.